The SMILES string of the molecule is Cc1ccc2c(c1)CCCN2C(=O)C1CNCC(C)C1. The predicted molar refractivity (Wildman–Crippen MR) is 82.0 cm³/mol. The Bertz CT molecular complexity index is 512. The van der Waals surface area contributed by atoms with Crippen LogP contribution in [0.5, 0.6) is 0 Å². The Morgan fingerprint density at radius 2 is 2.20 bits per heavy atom. The van der Waals surface area contributed by atoms with Gasteiger partial charge in [0.15, 0.2) is 0 Å². The molecule has 1 fully saturated rings. The van der Waals surface area contributed by atoms with Crippen LogP contribution in [-0.2, 0) is 11.2 Å². The Morgan fingerprint density at radius 1 is 1.35 bits per heavy atom. The molecule has 1 aromatic rings. The molecule has 1 amide bonds. The van der Waals surface area contributed by atoms with E-state index in [0.717, 1.165) is 44.6 Å². The molecule has 2 unspecified atom stereocenters. The summed E-state index contributed by atoms with van der Waals surface area (Å²) in [5, 5.41) is 3.39. The van der Waals surface area contributed by atoms with Crippen molar-refractivity contribution in [1.82, 2.24) is 5.32 Å². The van der Waals surface area contributed by atoms with Gasteiger partial charge >= 0.3 is 0 Å². The normalized spacial score (nSPS) is 26.2. The number of anilines is 1. The van der Waals surface area contributed by atoms with Crippen LogP contribution in [0, 0.1) is 18.8 Å². The molecule has 0 aliphatic carbocycles. The van der Waals surface area contributed by atoms with Crippen molar-refractivity contribution in [1.29, 1.82) is 0 Å². The van der Waals surface area contributed by atoms with Gasteiger partial charge in [-0.05, 0) is 50.3 Å². The lowest BCUT2D eigenvalue weighted by Crippen LogP contribution is -2.46. The second kappa shape index (κ2) is 5.57. The Hall–Kier alpha value is -1.35. The molecule has 2 heterocycles. The van der Waals surface area contributed by atoms with Crippen LogP contribution < -0.4 is 10.2 Å². The maximum absolute atomic E-state index is 12.8. The third-order valence-electron chi connectivity index (χ3n) is 4.54. The number of nitrogens with zero attached hydrogens (tertiary/aromatic N) is 1. The van der Waals surface area contributed by atoms with Crippen LogP contribution in [-0.4, -0.2) is 25.5 Å². The summed E-state index contributed by atoms with van der Waals surface area (Å²) in [6.45, 7) is 7.09. The van der Waals surface area contributed by atoms with Crippen LogP contribution >= 0.6 is 0 Å². The van der Waals surface area contributed by atoms with E-state index in [9.17, 15) is 4.79 Å². The van der Waals surface area contributed by atoms with Crippen LogP contribution in [0.4, 0.5) is 5.69 Å². The van der Waals surface area contributed by atoms with Gasteiger partial charge in [0.1, 0.15) is 0 Å². The molecule has 3 nitrogen and oxygen atoms in total. The predicted octanol–water partition coefficient (Wildman–Crippen LogP) is 2.52. The topological polar surface area (TPSA) is 32.3 Å². The smallest absolute Gasteiger partial charge is 0.231 e. The highest BCUT2D eigenvalue weighted by Crippen LogP contribution is 2.30. The van der Waals surface area contributed by atoms with E-state index in [1.807, 2.05) is 4.90 Å². The summed E-state index contributed by atoms with van der Waals surface area (Å²) in [5.41, 5.74) is 3.76. The highest BCUT2D eigenvalue weighted by molar-refractivity contribution is 5.96. The summed E-state index contributed by atoms with van der Waals surface area (Å²) in [7, 11) is 0. The number of fused-ring (bicyclic) bond motifs is 1. The van der Waals surface area contributed by atoms with E-state index in [4.69, 9.17) is 0 Å². The summed E-state index contributed by atoms with van der Waals surface area (Å²) in [6, 6.07) is 6.48. The van der Waals surface area contributed by atoms with Crippen LogP contribution in [0.15, 0.2) is 18.2 Å². The minimum atomic E-state index is 0.144. The first-order chi connectivity index (χ1) is 9.65. The van der Waals surface area contributed by atoms with E-state index in [1.165, 1.54) is 11.1 Å². The van der Waals surface area contributed by atoms with Crippen LogP contribution in [0.1, 0.15) is 30.9 Å². The zero-order valence-corrected chi connectivity index (χ0v) is 12.5. The number of hydrogen-bond acceptors (Lipinski definition) is 2. The van der Waals surface area contributed by atoms with Gasteiger partial charge < -0.3 is 10.2 Å². The lowest BCUT2D eigenvalue weighted by atomic mass is 9.89. The monoisotopic (exact) mass is 272 g/mol. The van der Waals surface area contributed by atoms with E-state index >= 15 is 0 Å². The average molecular weight is 272 g/mol. The Labute approximate surface area is 121 Å². The molecule has 1 N–H and O–H groups in total. The lowest BCUT2D eigenvalue weighted by Gasteiger charge is -2.35. The number of amides is 1. The van der Waals surface area contributed by atoms with Gasteiger partial charge in [0.25, 0.3) is 0 Å². The molecule has 1 saturated heterocycles. The quantitative estimate of drug-likeness (QED) is 0.852. The van der Waals surface area contributed by atoms with Crippen molar-refractivity contribution in [2.24, 2.45) is 11.8 Å². The molecule has 2 aliphatic heterocycles. The number of piperidine rings is 1. The van der Waals surface area contributed by atoms with Gasteiger partial charge in [-0.3, -0.25) is 4.79 Å². The standard InChI is InChI=1S/C17H24N2O/c1-12-5-6-16-14(8-12)4-3-7-19(16)17(20)15-9-13(2)10-18-11-15/h5-6,8,13,15,18H,3-4,7,9-11H2,1-2H3. The highest BCUT2D eigenvalue weighted by Gasteiger charge is 2.31. The van der Waals surface area contributed by atoms with E-state index in [1.54, 1.807) is 0 Å². The molecule has 0 radical (unpaired) electrons. The second-order valence-corrected chi connectivity index (χ2v) is 6.42. The maximum atomic E-state index is 12.8. The van der Waals surface area contributed by atoms with Gasteiger partial charge in [-0.25, -0.2) is 0 Å². The fourth-order valence-electron chi connectivity index (χ4n) is 3.52. The van der Waals surface area contributed by atoms with Crippen LogP contribution in [0.2, 0.25) is 0 Å². The van der Waals surface area contributed by atoms with Crippen molar-refractivity contribution < 1.29 is 4.79 Å². The molecular weight excluding hydrogens is 248 g/mol. The van der Waals surface area contributed by atoms with Gasteiger partial charge in [0.2, 0.25) is 5.91 Å². The van der Waals surface area contributed by atoms with E-state index in [-0.39, 0.29) is 5.92 Å². The summed E-state index contributed by atoms with van der Waals surface area (Å²) < 4.78 is 0. The fourth-order valence-corrected chi connectivity index (χ4v) is 3.52. The van der Waals surface area contributed by atoms with E-state index in [2.05, 4.69) is 37.4 Å². The summed E-state index contributed by atoms with van der Waals surface area (Å²) >= 11 is 0. The molecule has 3 rings (SSSR count). The molecule has 1 aromatic carbocycles. The molecule has 20 heavy (non-hydrogen) atoms. The van der Waals surface area contributed by atoms with Crippen molar-refractivity contribution in [2.45, 2.75) is 33.1 Å². The second-order valence-electron chi connectivity index (χ2n) is 6.42. The maximum Gasteiger partial charge on any atom is 0.231 e. The molecular formula is C17H24N2O. The summed E-state index contributed by atoms with van der Waals surface area (Å²) in [6.07, 6.45) is 3.20. The largest absolute Gasteiger partial charge is 0.316 e. The minimum Gasteiger partial charge on any atom is -0.316 e. The third kappa shape index (κ3) is 2.59. The van der Waals surface area contributed by atoms with Crippen molar-refractivity contribution in [3.05, 3.63) is 29.3 Å². The zero-order valence-electron chi connectivity index (χ0n) is 12.5. The lowest BCUT2D eigenvalue weighted by molar-refractivity contribution is -0.123. The van der Waals surface area contributed by atoms with Crippen molar-refractivity contribution in [3.8, 4) is 0 Å². The number of carbonyl (C=O) groups excluding carboxylic acids is 1. The minimum absolute atomic E-state index is 0.144. The van der Waals surface area contributed by atoms with Gasteiger partial charge in [-0.2, -0.15) is 0 Å². The van der Waals surface area contributed by atoms with Crippen molar-refractivity contribution >= 4 is 11.6 Å². The molecule has 0 aromatic heterocycles. The molecule has 0 bridgehead atoms. The zero-order chi connectivity index (χ0) is 14.1. The number of carbonyl (C=O) groups is 1. The molecule has 0 saturated carbocycles. The van der Waals surface area contributed by atoms with Gasteiger partial charge in [0, 0.05) is 18.8 Å². The first-order valence-corrected chi connectivity index (χ1v) is 7.77. The Kier molecular flexibility index (Phi) is 3.79. The summed E-state index contributed by atoms with van der Waals surface area (Å²) in [4.78, 5) is 14.9. The van der Waals surface area contributed by atoms with Crippen molar-refractivity contribution in [2.75, 3.05) is 24.5 Å². The number of aryl methyl sites for hydroxylation is 2. The number of hydrogen-bond donors (Lipinski definition) is 1. The molecule has 108 valence electrons. The van der Waals surface area contributed by atoms with Crippen LogP contribution in [0.25, 0.3) is 0 Å². The fraction of sp³-hybridized carbons (Fsp3) is 0.588. The van der Waals surface area contributed by atoms with Crippen LogP contribution in [0.3, 0.4) is 0 Å². The van der Waals surface area contributed by atoms with E-state index < -0.39 is 0 Å². The summed E-state index contributed by atoms with van der Waals surface area (Å²) in [5.74, 6) is 1.06. The molecule has 0 spiro atoms. The number of benzene rings is 1. The molecule has 3 heteroatoms. The Balaban J connectivity index is 1.83. The third-order valence-corrected chi connectivity index (χ3v) is 4.54. The van der Waals surface area contributed by atoms with Crippen molar-refractivity contribution in [3.63, 3.8) is 0 Å². The van der Waals surface area contributed by atoms with Gasteiger partial charge in [-0.15, -0.1) is 0 Å². The average Bonchev–Trinajstić information content (AvgIpc) is 2.45. The number of rotatable bonds is 1. The van der Waals surface area contributed by atoms with Gasteiger partial charge in [-0.1, -0.05) is 24.6 Å². The van der Waals surface area contributed by atoms with Gasteiger partial charge in [0.05, 0.1) is 5.92 Å². The molecule has 2 atom stereocenters. The highest BCUT2D eigenvalue weighted by atomic mass is 16.2. The first-order valence-electron chi connectivity index (χ1n) is 7.77. The Morgan fingerprint density at radius 3 is 3.00 bits per heavy atom. The molecule has 2 aliphatic rings. The number of nitrogens with one attached hydrogen (secondary N) is 1. The first kappa shape index (κ1) is 13.6. The van der Waals surface area contributed by atoms with E-state index in [0.29, 0.717) is 11.8 Å².